The highest BCUT2D eigenvalue weighted by Crippen LogP contribution is 2.13. The maximum Gasteiger partial charge on any atom is 0.275 e. The van der Waals surface area contributed by atoms with Crippen molar-refractivity contribution in [2.24, 2.45) is 0 Å². The number of hydrogen-bond acceptors (Lipinski definition) is 3. The molecule has 0 unspecified atom stereocenters. The lowest BCUT2D eigenvalue weighted by molar-refractivity contribution is 0.435. The Kier molecular flexibility index (Phi) is 2.44. The van der Waals surface area contributed by atoms with Crippen molar-refractivity contribution in [3.63, 3.8) is 0 Å². The fraction of sp³-hybridized carbons (Fsp3) is 0. The number of para-hydroxylation sites is 1. The van der Waals surface area contributed by atoms with Crippen LogP contribution < -0.4 is 5.56 Å². The molecule has 78 valence electrons. The number of rotatable bonds is 1. The smallest absolute Gasteiger partial charge is 0.275 e. The summed E-state index contributed by atoms with van der Waals surface area (Å²) in [6.45, 7) is 0. The third kappa shape index (κ3) is 1.55. The Morgan fingerprint density at radius 3 is 2.44 bits per heavy atom. The number of aromatic hydroxyl groups is 1. The first-order valence-electron chi connectivity index (χ1n) is 4.64. The molecule has 0 aliphatic carbocycles. The normalized spacial score (nSPS) is 9.69. The Balaban J connectivity index is 2.76. The molecular formula is C12H8N2O2. The van der Waals surface area contributed by atoms with Crippen LogP contribution in [0, 0.1) is 11.3 Å². The molecule has 0 saturated carbocycles. The van der Waals surface area contributed by atoms with Gasteiger partial charge in [-0.05, 0) is 18.2 Å². The van der Waals surface area contributed by atoms with Gasteiger partial charge in [-0.1, -0.05) is 18.2 Å². The van der Waals surface area contributed by atoms with Gasteiger partial charge in [0, 0.05) is 6.07 Å². The summed E-state index contributed by atoms with van der Waals surface area (Å²) < 4.78 is 1.10. The number of hydrogen-bond donors (Lipinski definition) is 1. The van der Waals surface area contributed by atoms with E-state index in [4.69, 9.17) is 5.26 Å². The van der Waals surface area contributed by atoms with Gasteiger partial charge in [-0.25, -0.2) is 4.57 Å². The van der Waals surface area contributed by atoms with Gasteiger partial charge < -0.3 is 5.11 Å². The van der Waals surface area contributed by atoms with Crippen LogP contribution in [0.5, 0.6) is 5.88 Å². The Morgan fingerprint density at radius 1 is 1.12 bits per heavy atom. The van der Waals surface area contributed by atoms with E-state index in [2.05, 4.69) is 0 Å². The molecule has 4 heteroatoms. The Bertz CT molecular complexity index is 609. The molecule has 1 heterocycles. The second kappa shape index (κ2) is 3.91. The summed E-state index contributed by atoms with van der Waals surface area (Å²) in [4.78, 5) is 11.8. The van der Waals surface area contributed by atoms with E-state index < -0.39 is 5.56 Å². The quantitative estimate of drug-likeness (QED) is 0.777. The van der Waals surface area contributed by atoms with E-state index in [9.17, 15) is 9.90 Å². The lowest BCUT2D eigenvalue weighted by Crippen LogP contribution is -2.20. The molecule has 1 N–H and O–H groups in total. The highest BCUT2D eigenvalue weighted by molar-refractivity contribution is 5.39. The average Bonchev–Trinajstić information content (AvgIpc) is 2.31. The van der Waals surface area contributed by atoms with Crippen molar-refractivity contribution in [2.75, 3.05) is 0 Å². The monoisotopic (exact) mass is 212 g/mol. The Hall–Kier alpha value is -2.54. The zero-order chi connectivity index (χ0) is 11.5. The van der Waals surface area contributed by atoms with Crippen LogP contribution in [0.15, 0.2) is 47.3 Å². The van der Waals surface area contributed by atoms with E-state index in [-0.39, 0.29) is 11.4 Å². The number of nitriles is 1. The van der Waals surface area contributed by atoms with Crippen LogP contribution in [0.3, 0.4) is 0 Å². The number of benzene rings is 1. The van der Waals surface area contributed by atoms with E-state index in [1.807, 2.05) is 0 Å². The summed E-state index contributed by atoms with van der Waals surface area (Å²) in [6, 6.07) is 13.1. The van der Waals surface area contributed by atoms with Crippen molar-refractivity contribution in [3.05, 3.63) is 58.4 Å². The van der Waals surface area contributed by atoms with Crippen molar-refractivity contribution in [1.29, 1.82) is 5.26 Å². The molecule has 16 heavy (non-hydrogen) atoms. The third-order valence-corrected chi connectivity index (χ3v) is 2.20. The van der Waals surface area contributed by atoms with Crippen LogP contribution in [0.4, 0.5) is 0 Å². The molecule has 0 spiro atoms. The molecule has 0 radical (unpaired) electrons. The van der Waals surface area contributed by atoms with Gasteiger partial charge in [0.2, 0.25) is 0 Å². The van der Waals surface area contributed by atoms with Crippen molar-refractivity contribution in [3.8, 4) is 17.6 Å². The van der Waals surface area contributed by atoms with Crippen LogP contribution in [0.2, 0.25) is 0 Å². The lowest BCUT2D eigenvalue weighted by atomic mass is 10.2. The predicted molar refractivity (Wildman–Crippen MR) is 58.4 cm³/mol. The highest BCUT2D eigenvalue weighted by Gasteiger charge is 2.08. The van der Waals surface area contributed by atoms with Gasteiger partial charge in [-0.3, -0.25) is 4.79 Å². The maximum atomic E-state index is 11.8. The maximum absolute atomic E-state index is 11.8. The fourth-order valence-electron chi connectivity index (χ4n) is 1.44. The zero-order valence-electron chi connectivity index (χ0n) is 8.29. The minimum Gasteiger partial charge on any atom is -0.494 e. The van der Waals surface area contributed by atoms with Crippen molar-refractivity contribution in [2.45, 2.75) is 0 Å². The number of aromatic nitrogens is 1. The standard InChI is InChI=1S/C12H8N2O2/c13-8-9-6-7-11(15)14(12(9)16)10-4-2-1-3-5-10/h1-7,15H. The van der Waals surface area contributed by atoms with Crippen molar-refractivity contribution < 1.29 is 5.11 Å². The van der Waals surface area contributed by atoms with E-state index in [1.54, 1.807) is 36.4 Å². The minimum absolute atomic E-state index is 0.00153. The van der Waals surface area contributed by atoms with Gasteiger partial charge in [0.25, 0.3) is 5.56 Å². The Morgan fingerprint density at radius 2 is 1.81 bits per heavy atom. The third-order valence-electron chi connectivity index (χ3n) is 2.20. The first kappa shape index (κ1) is 9.99. The topological polar surface area (TPSA) is 66.0 Å². The molecule has 4 nitrogen and oxygen atoms in total. The number of nitrogens with zero attached hydrogens (tertiary/aromatic N) is 2. The zero-order valence-corrected chi connectivity index (χ0v) is 8.29. The summed E-state index contributed by atoms with van der Waals surface area (Å²) >= 11 is 0. The average molecular weight is 212 g/mol. The summed E-state index contributed by atoms with van der Waals surface area (Å²) in [5.74, 6) is -0.185. The predicted octanol–water partition coefficient (Wildman–Crippen LogP) is 1.41. The minimum atomic E-state index is -0.520. The van der Waals surface area contributed by atoms with Gasteiger partial charge >= 0.3 is 0 Å². The molecule has 0 fully saturated rings. The molecule has 2 rings (SSSR count). The van der Waals surface area contributed by atoms with Gasteiger partial charge in [0.15, 0.2) is 5.88 Å². The molecule has 0 aliphatic heterocycles. The molecule has 1 aromatic carbocycles. The van der Waals surface area contributed by atoms with Crippen LogP contribution in [0.25, 0.3) is 5.69 Å². The van der Waals surface area contributed by atoms with E-state index in [0.29, 0.717) is 5.69 Å². The molecule has 0 saturated heterocycles. The molecule has 2 aromatic rings. The van der Waals surface area contributed by atoms with Crippen LogP contribution >= 0.6 is 0 Å². The lowest BCUT2D eigenvalue weighted by Gasteiger charge is -2.07. The van der Waals surface area contributed by atoms with Crippen molar-refractivity contribution in [1.82, 2.24) is 4.57 Å². The molecule has 0 aliphatic rings. The van der Waals surface area contributed by atoms with Crippen molar-refractivity contribution >= 4 is 0 Å². The second-order valence-corrected chi connectivity index (χ2v) is 3.19. The van der Waals surface area contributed by atoms with E-state index in [1.165, 1.54) is 12.1 Å². The summed E-state index contributed by atoms with van der Waals surface area (Å²) in [7, 11) is 0. The molecule has 1 aromatic heterocycles. The van der Waals surface area contributed by atoms with Gasteiger partial charge in [0.1, 0.15) is 11.6 Å². The van der Waals surface area contributed by atoms with Crippen LogP contribution in [0.1, 0.15) is 5.56 Å². The summed E-state index contributed by atoms with van der Waals surface area (Å²) in [6.07, 6.45) is 0. The summed E-state index contributed by atoms with van der Waals surface area (Å²) in [5.41, 5.74) is 0.0115. The molecule has 0 bridgehead atoms. The number of pyridine rings is 1. The highest BCUT2D eigenvalue weighted by atomic mass is 16.3. The Labute approximate surface area is 91.6 Å². The van der Waals surface area contributed by atoms with Gasteiger partial charge in [-0.2, -0.15) is 5.26 Å². The van der Waals surface area contributed by atoms with Gasteiger partial charge in [0.05, 0.1) is 5.69 Å². The molecular weight excluding hydrogens is 204 g/mol. The fourth-order valence-corrected chi connectivity index (χ4v) is 1.44. The first-order valence-corrected chi connectivity index (χ1v) is 4.64. The van der Waals surface area contributed by atoms with Crippen LogP contribution in [-0.2, 0) is 0 Å². The van der Waals surface area contributed by atoms with E-state index in [0.717, 1.165) is 4.57 Å². The van der Waals surface area contributed by atoms with E-state index >= 15 is 0 Å². The second-order valence-electron chi connectivity index (χ2n) is 3.19. The first-order chi connectivity index (χ1) is 7.74. The SMILES string of the molecule is N#Cc1ccc(O)n(-c2ccccc2)c1=O. The van der Waals surface area contributed by atoms with Crippen LogP contribution in [-0.4, -0.2) is 9.67 Å². The summed E-state index contributed by atoms with van der Waals surface area (Å²) in [5, 5.41) is 18.4. The molecule has 0 amide bonds. The molecule has 0 atom stereocenters. The van der Waals surface area contributed by atoms with Gasteiger partial charge in [-0.15, -0.1) is 0 Å². The largest absolute Gasteiger partial charge is 0.494 e.